The van der Waals surface area contributed by atoms with Gasteiger partial charge in [0.1, 0.15) is 24.3 Å². The van der Waals surface area contributed by atoms with Crippen LogP contribution >= 0.6 is 0 Å². The number of aromatic amines is 1. The van der Waals surface area contributed by atoms with E-state index < -0.39 is 5.69 Å². The average molecular weight is 292 g/mol. The van der Waals surface area contributed by atoms with Crippen LogP contribution in [-0.2, 0) is 0 Å². The fraction of sp³-hybridized carbons (Fsp3) is 0.231. The van der Waals surface area contributed by atoms with Gasteiger partial charge >= 0.3 is 5.69 Å². The molecule has 0 aliphatic carbocycles. The van der Waals surface area contributed by atoms with Crippen molar-refractivity contribution in [3.05, 3.63) is 33.3 Å². The van der Waals surface area contributed by atoms with E-state index in [0.29, 0.717) is 0 Å². The average Bonchev–Trinajstić information content (AvgIpc) is 3.02. The fourth-order valence-electron chi connectivity index (χ4n) is 2.07. The summed E-state index contributed by atoms with van der Waals surface area (Å²) in [5, 5.41) is 36.4. The molecule has 0 unspecified atom stereocenters. The molecular weight excluding hydrogens is 284 g/mol. The van der Waals surface area contributed by atoms with Gasteiger partial charge in [-0.3, -0.25) is 9.55 Å². The van der Waals surface area contributed by atoms with Crippen LogP contribution in [0.5, 0.6) is 0 Å². The molecule has 0 bridgehead atoms. The van der Waals surface area contributed by atoms with Gasteiger partial charge in [-0.2, -0.15) is 26.0 Å². The third-order valence-corrected chi connectivity index (χ3v) is 2.93. The maximum absolute atomic E-state index is 12.0. The van der Waals surface area contributed by atoms with E-state index >= 15 is 0 Å². The van der Waals surface area contributed by atoms with Crippen LogP contribution in [0.15, 0.2) is 4.79 Å². The first-order chi connectivity index (χ1) is 10.5. The Kier molecular flexibility index (Phi) is 3.50. The van der Waals surface area contributed by atoms with Crippen LogP contribution < -0.4 is 5.69 Å². The zero-order valence-corrected chi connectivity index (χ0v) is 11.6. The van der Waals surface area contributed by atoms with Crippen molar-refractivity contribution in [3.63, 3.8) is 0 Å². The summed E-state index contributed by atoms with van der Waals surface area (Å²) in [6.07, 6.45) is 0. The highest BCUT2D eigenvalue weighted by molar-refractivity contribution is 5.46. The largest absolute Gasteiger partial charge is 0.334 e. The van der Waals surface area contributed by atoms with E-state index in [1.54, 1.807) is 32.1 Å². The number of rotatable bonds is 2. The van der Waals surface area contributed by atoms with E-state index in [9.17, 15) is 15.3 Å². The Bertz CT molecular complexity index is 974. The van der Waals surface area contributed by atoms with Crippen molar-refractivity contribution >= 4 is 0 Å². The molecule has 0 amide bonds. The van der Waals surface area contributed by atoms with Gasteiger partial charge in [-0.05, 0) is 13.8 Å². The van der Waals surface area contributed by atoms with Gasteiger partial charge in [-0.1, -0.05) is 0 Å². The summed E-state index contributed by atoms with van der Waals surface area (Å²) in [6, 6.07) is 6.82. The molecule has 2 rings (SSSR count). The first-order valence-electron chi connectivity index (χ1n) is 6.08. The lowest BCUT2D eigenvalue weighted by atomic mass is 10.3. The van der Waals surface area contributed by atoms with Crippen LogP contribution in [0.25, 0.3) is 5.95 Å². The lowest BCUT2D eigenvalue weighted by molar-refractivity contribution is 0.574. The summed E-state index contributed by atoms with van der Waals surface area (Å²) >= 11 is 0. The monoisotopic (exact) mass is 292 g/mol. The van der Waals surface area contributed by atoms with Crippen molar-refractivity contribution in [1.29, 1.82) is 21.0 Å². The Balaban J connectivity index is 2.96. The van der Waals surface area contributed by atoms with Crippen molar-refractivity contribution < 1.29 is 0 Å². The molecule has 2 aromatic heterocycles. The molecule has 0 aromatic carbocycles. The van der Waals surface area contributed by atoms with Gasteiger partial charge in [-0.15, -0.1) is 0 Å². The minimum absolute atomic E-state index is 0.0111. The van der Waals surface area contributed by atoms with E-state index in [4.69, 9.17) is 10.5 Å². The van der Waals surface area contributed by atoms with Crippen LogP contribution in [0.4, 0.5) is 0 Å². The second-order valence-corrected chi connectivity index (χ2v) is 4.51. The molecule has 0 aliphatic rings. The van der Waals surface area contributed by atoms with E-state index in [0.717, 1.165) is 4.57 Å². The van der Waals surface area contributed by atoms with Crippen molar-refractivity contribution in [3.8, 4) is 30.2 Å². The molecule has 0 radical (unpaired) electrons. The third-order valence-electron chi connectivity index (χ3n) is 2.93. The quantitative estimate of drug-likeness (QED) is 0.847. The minimum Gasteiger partial charge on any atom is -0.297 e. The second-order valence-electron chi connectivity index (χ2n) is 4.51. The minimum atomic E-state index is -0.742. The van der Waals surface area contributed by atoms with Crippen LogP contribution in [0.3, 0.4) is 0 Å². The Morgan fingerprint density at radius 2 is 1.68 bits per heavy atom. The van der Waals surface area contributed by atoms with Gasteiger partial charge in [-0.25, -0.2) is 9.36 Å². The molecule has 2 aromatic rings. The van der Waals surface area contributed by atoms with Gasteiger partial charge in [0.25, 0.3) is 0 Å². The molecule has 0 aliphatic heterocycles. The number of nitriles is 4. The van der Waals surface area contributed by atoms with E-state index in [1.807, 2.05) is 6.07 Å². The smallest absolute Gasteiger partial charge is 0.297 e. The molecule has 0 fully saturated rings. The van der Waals surface area contributed by atoms with Gasteiger partial charge in [0.2, 0.25) is 5.95 Å². The highest BCUT2D eigenvalue weighted by atomic mass is 16.1. The molecule has 0 saturated heterocycles. The topological polar surface area (TPSA) is 151 Å². The van der Waals surface area contributed by atoms with Crippen molar-refractivity contribution in [2.45, 2.75) is 19.9 Å². The molecule has 0 saturated carbocycles. The van der Waals surface area contributed by atoms with Gasteiger partial charge in [0.15, 0.2) is 22.8 Å². The van der Waals surface area contributed by atoms with Crippen molar-refractivity contribution in [2.75, 3.05) is 0 Å². The van der Waals surface area contributed by atoms with E-state index in [2.05, 4.69) is 9.97 Å². The summed E-state index contributed by atoms with van der Waals surface area (Å²) in [6.45, 7) is 3.48. The number of hydrogen-bond acceptors (Lipinski definition) is 6. The highest BCUT2D eigenvalue weighted by Crippen LogP contribution is 2.20. The van der Waals surface area contributed by atoms with Crippen LogP contribution in [-0.4, -0.2) is 19.1 Å². The summed E-state index contributed by atoms with van der Waals surface area (Å²) in [4.78, 5) is 18.3. The molecule has 9 nitrogen and oxygen atoms in total. The molecule has 0 atom stereocenters. The van der Waals surface area contributed by atoms with Gasteiger partial charge in [0, 0.05) is 6.04 Å². The molecule has 22 heavy (non-hydrogen) atoms. The Labute approximate surface area is 124 Å². The third kappa shape index (κ3) is 1.91. The molecule has 2 heterocycles. The van der Waals surface area contributed by atoms with Gasteiger partial charge < -0.3 is 0 Å². The van der Waals surface area contributed by atoms with Crippen LogP contribution in [0.1, 0.15) is 42.7 Å². The van der Waals surface area contributed by atoms with Crippen molar-refractivity contribution in [1.82, 2.24) is 19.1 Å². The summed E-state index contributed by atoms with van der Waals surface area (Å²) < 4.78 is 2.26. The predicted molar refractivity (Wildman–Crippen MR) is 71.4 cm³/mol. The summed E-state index contributed by atoms with van der Waals surface area (Å²) in [5.41, 5.74) is -1.34. The number of imidazole rings is 2. The maximum atomic E-state index is 12.0. The van der Waals surface area contributed by atoms with Crippen LogP contribution in [0, 0.1) is 45.3 Å². The number of hydrogen-bond donors (Lipinski definition) is 1. The lowest BCUT2D eigenvalue weighted by Crippen LogP contribution is -2.21. The maximum Gasteiger partial charge on any atom is 0.334 e. The highest BCUT2D eigenvalue weighted by Gasteiger charge is 2.25. The Hall–Kier alpha value is -3.82. The normalized spacial score (nSPS) is 9.77. The SMILES string of the molecule is CC(C)n1c(-n2c(C#N)c(C#N)[nH]c2=O)nc(C#N)c1C#N. The number of nitrogens with zero attached hydrogens (tertiary/aromatic N) is 7. The van der Waals surface area contributed by atoms with E-state index in [1.165, 1.54) is 4.57 Å². The Morgan fingerprint density at radius 1 is 1.05 bits per heavy atom. The molecule has 0 spiro atoms. The zero-order valence-electron chi connectivity index (χ0n) is 11.6. The lowest BCUT2D eigenvalue weighted by Gasteiger charge is -2.12. The number of H-pyrrole nitrogens is 1. The standard InChI is InChI=1S/C13H8N8O/c1-7(2)20-10(5-16)8(3-14)18-12(20)21-11(6-17)9(4-15)19-13(21)22/h7H,1-2H3,(H,19,22). The summed E-state index contributed by atoms with van der Waals surface area (Å²) in [7, 11) is 0. The predicted octanol–water partition coefficient (Wildman–Crippen LogP) is 0.430. The van der Waals surface area contributed by atoms with E-state index in [-0.39, 0.29) is 34.8 Å². The zero-order chi connectivity index (χ0) is 16.4. The first-order valence-corrected chi connectivity index (χ1v) is 6.08. The first kappa shape index (κ1) is 14.6. The Morgan fingerprint density at radius 3 is 2.14 bits per heavy atom. The van der Waals surface area contributed by atoms with Crippen molar-refractivity contribution in [2.24, 2.45) is 0 Å². The summed E-state index contributed by atoms with van der Waals surface area (Å²) in [5.74, 6) is -0.0533. The molecule has 1 N–H and O–H groups in total. The van der Waals surface area contributed by atoms with Crippen LogP contribution in [0.2, 0.25) is 0 Å². The van der Waals surface area contributed by atoms with Gasteiger partial charge in [0.05, 0.1) is 0 Å². The molecule has 106 valence electrons. The number of aromatic nitrogens is 4. The molecular formula is C13H8N8O. The number of nitrogens with one attached hydrogen (secondary N) is 1. The second kappa shape index (κ2) is 5.28. The molecule has 9 heteroatoms. The fourth-order valence-corrected chi connectivity index (χ4v) is 2.07.